The van der Waals surface area contributed by atoms with E-state index < -0.39 is 27.5 Å². The molecule has 0 radical (unpaired) electrons. The van der Waals surface area contributed by atoms with Crippen LogP contribution in [-0.2, 0) is 27.2 Å². The fourth-order valence-electron chi connectivity index (χ4n) is 3.53. The fourth-order valence-corrected chi connectivity index (χ4v) is 5.29. The first-order valence-electron chi connectivity index (χ1n) is 11.5. The van der Waals surface area contributed by atoms with Crippen molar-refractivity contribution >= 4 is 32.2 Å². The van der Waals surface area contributed by atoms with Crippen molar-refractivity contribution in [3.05, 3.63) is 89.5 Å². The number of ether oxygens (including phenoxy) is 1. The number of rotatable bonds is 8. The number of hydrogen-bond donors (Lipinski definition) is 1. The Morgan fingerprint density at radius 1 is 1.08 bits per heavy atom. The molecule has 0 aliphatic rings. The minimum Gasteiger partial charge on any atom is -0.443 e. The Hall–Kier alpha value is -4.21. The van der Waals surface area contributed by atoms with E-state index >= 15 is 0 Å². The number of carbonyl (C=O) groups excluding carboxylic acids is 1. The second-order valence-corrected chi connectivity index (χ2v) is 11.5. The average molecular weight is 572 g/mol. The molecule has 0 aliphatic heterocycles. The van der Waals surface area contributed by atoms with Gasteiger partial charge in [-0.3, -0.25) is 4.79 Å². The zero-order valence-corrected chi connectivity index (χ0v) is 22.0. The van der Waals surface area contributed by atoms with Gasteiger partial charge in [0.15, 0.2) is 15.0 Å². The van der Waals surface area contributed by atoms with Crippen LogP contribution in [-0.4, -0.2) is 25.1 Å². The molecule has 7 nitrogen and oxygen atoms in total. The number of sulfone groups is 1. The van der Waals surface area contributed by atoms with Crippen molar-refractivity contribution in [2.45, 2.75) is 24.4 Å². The first-order valence-corrected chi connectivity index (χ1v) is 13.9. The van der Waals surface area contributed by atoms with E-state index in [0.29, 0.717) is 5.56 Å². The van der Waals surface area contributed by atoms with Gasteiger partial charge >= 0.3 is 6.18 Å². The number of anilines is 1. The molecule has 0 saturated carbocycles. The maximum atomic E-state index is 13.3. The monoisotopic (exact) mass is 571 g/mol. The zero-order chi connectivity index (χ0) is 28.2. The molecule has 0 atom stereocenters. The Bertz CT molecular complexity index is 1660. The number of thiazole rings is 1. The quantitative estimate of drug-likeness (QED) is 0.260. The Morgan fingerprint density at radius 3 is 2.46 bits per heavy atom. The molecule has 4 aromatic rings. The van der Waals surface area contributed by atoms with Gasteiger partial charge in [-0.2, -0.15) is 18.4 Å². The molecule has 3 aromatic carbocycles. The first kappa shape index (κ1) is 27.8. The third-order valence-electron chi connectivity index (χ3n) is 5.54. The van der Waals surface area contributed by atoms with Crippen LogP contribution in [0, 0.1) is 11.3 Å². The summed E-state index contributed by atoms with van der Waals surface area (Å²) in [4.78, 5) is 17.2. The van der Waals surface area contributed by atoms with E-state index in [0.717, 1.165) is 23.5 Å². The Labute approximate surface area is 226 Å². The molecule has 0 bridgehead atoms. The van der Waals surface area contributed by atoms with Crippen LogP contribution in [0.5, 0.6) is 10.8 Å². The van der Waals surface area contributed by atoms with Crippen molar-refractivity contribution in [3.63, 3.8) is 0 Å². The smallest absolute Gasteiger partial charge is 0.416 e. The molecular weight excluding hydrogens is 551 g/mol. The number of hydrogen-bond acceptors (Lipinski definition) is 7. The standard InChI is InChI=1S/C27H20F3N3O4S2/c1-2-39(35,36)21-12-10-17(11-13-21)14-23(34)32-26-33-24(18-7-5-8-20(15-18)27(28,29)30)25(38-26)37-22-9-4-3-6-19(22)16-31/h3-13,15H,2,14H2,1H3,(H,32,33,34). The number of nitrogens with one attached hydrogen (secondary N) is 1. The van der Waals surface area contributed by atoms with E-state index in [1.54, 1.807) is 12.1 Å². The van der Waals surface area contributed by atoms with Crippen molar-refractivity contribution in [1.29, 1.82) is 5.26 Å². The number of para-hydroxylation sites is 1. The zero-order valence-electron chi connectivity index (χ0n) is 20.3. The van der Waals surface area contributed by atoms with Crippen LogP contribution in [0.25, 0.3) is 11.3 Å². The van der Waals surface area contributed by atoms with Crippen LogP contribution in [0.4, 0.5) is 18.3 Å². The summed E-state index contributed by atoms with van der Waals surface area (Å²) in [5.41, 5.74) is 0.0501. The number of nitrogens with zero attached hydrogens (tertiary/aromatic N) is 2. The predicted molar refractivity (Wildman–Crippen MR) is 140 cm³/mol. The first-order chi connectivity index (χ1) is 18.5. The van der Waals surface area contributed by atoms with Crippen LogP contribution in [0.2, 0.25) is 0 Å². The summed E-state index contributed by atoms with van der Waals surface area (Å²) in [6.07, 6.45) is -4.68. The van der Waals surface area contributed by atoms with Crippen molar-refractivity contribution in [1.82, 2.24) is 4.98 Å². The molecule has 12 heteroatoms. The number of carbonyl (C=O) groups is 1. The molecule has 1 heterocycles. The van der Waals surface area contributed by atoms with Gasteiger partial charge in [0.1, 0.15) is 17.5 Å². The van der Waals surface area contributed by atoms with E-state index in [1.807, 2.05) is 6.07 Å². The highest BCUT2D eigenvalue weighted by Gasteiger charge is 2.31. The molecule has 0 fully saturated rings. The number of nitriles is 1. The largest absolute Gasteiger partial charge is 0.443 e. The normalized spacial score (nSPS) is 11.6. The summed E-state index contributed by atoms with van der Waals surface area (Å²) in [7, 11) is -3.38. The molecule has 0 spiro atoms. The van der Waals surface area contributed by atoms with E-state index in [2.05, 4.69) is 10.3 Å². The van der Waals surface area contributed by atoms with Gasteiger partial charge in [-0.25, -0.2) is 13.4 Å². The van der Waals surface area contributed by atoms with Gasteiger partial charge in [-0.05, 0) is 42.0 Å². The maximum absolute atomic E-state index is 13.3. The van der Waals surface area contributed by atoms with E-state index in [1.165, 1.54) is 55.5 Å². The second kappa shape index (κ2) is 11.3. The van der Waals surface area contributed by atoms with Gasteiger partial charge in [0.2, 0.25) is 11.0 Å². The third-order valence-corrected chi connectivity index (χ3v) is 8.14. The lowest BCUT2D eigenvalue weighted by Crippen LogP contribution is -2.14. The second-order valence-electron chi connectivity index (χ2n) is 8.22. The Morgan fingerprint density at radius 2 is 1.79 bits per heavy atom. The van der Waals surface area contributed by atoms with Crippen molar-refractivity contribution in [2.75, 3.05) is 11.1 Å². The van der Waals surface area contributed by atoms with Crippen molar-refractivity contribution < 1.29 is 31.1 Å². The van der Waals surface area contributed by atoms with E-state index in [4.69, 9.17) is 4.74 Å². The number of halogens is 3. The summed E-state index contributed by atoms with van der Waals surface area (Å²) < 4.78 is 69.9. The van der Waals surface area contributed by atoms with Crippen LogP contribution in [0.3, 0.4) is 0 Å². The summed E-state index contributed by atoms with van der Waals surface area (Å²) in [5, 5.41) is 12.2. The highest BCUT2D eigenvalue weighted by atomic mass is 32.2. The van der Waals surface area contributed by atoms with E-state index in [9.17, 15) is 31.6 Å². The van der Waals surface area contributed by atoms with E-state index in [-0.39, 0.29) is 49.8 Å². The molecule has 1 N–H and O–H groups in total. The predicted octanol–water partition coefficient (Wildman–Crippen LogP) is 6.47. The number of aromatic nitrogens is 1. The Balaban J connectivity index is 1.63. The molecule has 1 aromatic heterocycles. The molecule has 0 unspecified atom stereocenters. The lowest BCUT2D eigenvalue weighted by molar-refractivity contribution is -0.137. The fraction of sp³-hybridized carbons (Fsp3) is 0.148. The van der Waals surface area contributed by atoms with Crippen molar-refractivity contribution in [2.24, 2.45) is 0 Å². The highest BCUT2D eigenvalue weighted by molar-refractivity contribution is 7.91. The highest BCUT2D eigenvalue weighted by Crippen LogP contribution is 2.42. The minimum atomic E-state index is -4.58. The number of benzene rings is 3. The third kappa shape index (κ3) is 6.63. The minimum absolute atomic E-state index is 0.0473. The van der Waals surface area contributed by atoms with Gasteiger partial charge < -0.3 is 10.1 Å². The van der Waals surface area contributed by atoms with Gasteiger partial charge in [0.25, 0.3) is 0 Å². The van der Waals surface area contributed by atoms with Crippen LogP contribution in [0.15, 0.2) is 77.7 Å². The summed E-state index contributed by atoms with van der Waals surface area (Å²) in [5.74, 6) is -0.347. The lowest BCUT2D eigenvalue weighted by atomic mass is 10.1. The van der Waals surface area contributed by atoms with Crippen molar-refractivity contribution in [3.8, 4) is 28.1 Å². The summed E-state index contributed by atoms with van der Waals surface area (Å²) in [6, 6.07) is 18.8. The van der Waals surface area contributed by atoms with Gasteiger partial charge in [-0.1, -0.05) is 54.7 Å². The van der Waals surface area contributed by atoms with Crippen LogP contribution < -0.4 is 10.1 Å². The molecule has 0 aliphatic carbocycles. The maximum Gasteiger partial charge on any atom is 0.416 e. The molecule has 1 amide bonds. The SMILES string of the molecule is CCS(=O)(=O)c1ccc(CC(=O)Nc2nc(-c3cccc(C(F)(F)F)c3)c(Oc3ccccc3C#N)s2)cc1. The number of alkyl halides is 3. The lowest BCUT2D eigenvalue weighted by Gasteiger charge is -2.09. The van der Waals surface area contributed by atoms with Gasteiger partial charge in [0.05, 0.1) is 28.2 Å². The molecule has 4 rings (SSSR count). The average Bonchev–Trinajstić information content (AvgIpc) is 3.30. The topological polar surface area (TPSA) is 109 Å². The molecule has 200 valence electrons. The van der Waals surface area contributed by atoms with Crippen LogP contribution in [0.1, 0.15) is 23.6 Å². The summed E-state index contributed by atoms with van der Waals surface area (Å²) >= 11 is 0.894. The molecular formula is C27H20F3N3O4S2. The van der Waals surface area contributed by atoms with Crippen LogP contribution >= 0.6 is 11.3 Å². The Kier molecular flexibility index (Phi) is 8.03. The molecule has 0 saturated heterocycles. The summed E-state index contributed by atoms with van der Waals surface area (Å²) in [6.45, 7) is 1.54. The molecule has 39 heavy (non-hydrogen) atoms. The van der Waals surface area contributed by atoms with Gasteiger partial charge in [0, 0.05) is 5.56 Å². The number of amides is 1. The van der Waals surface area contributed by atoms with Gasteiger partial charge in [-0.15, -0.1) is 0 Å².